The van der Waals surface area contributed by atoms with Crippen LogP contribution in [-0.4, -0.2) is 56.8 Å². The minimum absolute atomic E-state index is 0. The van der Waals surface area contributed by atoms with Crippen molar-refractivity contribution in [2.45, 2.75) is 83.2 Å². The van der Waals surface area contributed by atoms with Gasteiger partial charge in [-0.2, -0.15) is 0 Å². The van der Waals surface area contributed by atoms with Gasteiger partial charge in [0, 0.05) is 118 Å². The molecule has 5 aromatic rings. The molecular weight excluding hydrogens is 1230 g/mol. The number of pyridine rings is 5. The average molecular weight is 1290 g/mol. The molecule has 0 aliphatic heterocycles. The Labute approximate surface area is 425 Å². The van der Waals surface area contributed by atoms with Gasteiger partial charge >= 0.3 is 7.48 Å². The zero-order valence-electron chi connectivity index (χ0n) is 34.2. The number of hydrogen-bond donors (Lipinski definition) is 1. The number of halogens is 7. The third-order valence-corrected chi connectivity index (χ3v) is 12.0. The van der Waals surface area contributed by atoms with E-state index in [0.29, 0.717) is 5.56 Å². The van der Waals surface area contributed by atoms with Crippen molar-refractivity contribution in [3.63, 3.8) is 0 Å². The first-order valence-electron chi connectivity index (χ1n) is 17.5. The van der Waals surface area contributed by atoms with E-state index in [1.807, 2.05) is 56.6 Å². The fraction of sp³-hybridized carbons (Fsp3) is 0.318. The molecule has 5 heterocycles. The quantitative estimate of drug-likeness (QED) is 0.0668. The normalized spacial score (nSPS) is 9.00. The van der Waals surface area contributed by atoms with Crippen molar-refractivity contribution < 1.29 is 9.55 Å². The molecule has 0 aliphatic rings. The highest BCUT2D eigenvalue weighted by molar-refractivity contribution is 9.11. The van der Waals surface area contributed by atoms with E-state index >= 15 is 0 Å². The Bertz CT molecular complexity index is 1980. The Morgan fingerprint density at radius 3 is 1.41 bits per heavy atom. The van der Waals surface area contributed by atoms with Crippen LogP contribution in [0, 0.1) is 52.9 Å². The van der Waals surface area contributed by atoms with Crippen molar-refractivity contribution in [2.75, 3.05) is 13.1 Å². The molecule has 1 N–H and O–H groups in total. The molecule has 9 nitrogen and oxygen atoms in total. The summed E-state index contributed by atoms with van der Waals surface area (Å²) in [4.78, 5) is 30.3. The molecule has 331 valence electrons. The molecule has 0 unspecified atom stereocenters. The summed E-state index contributed by atoms with van der Waals surface area (Å²) in [6, 6.07) is 1.94. The van der Waals surface area contributed by atoms with Crippen LogP contribution < -0.4 is 5.32 Å². The second-order valence-electron chi connectivity index (χ2n) is 11.2. The van der Waals surface area contributed by atoms with Crippen molar-refractivity contribution in [3.8, 4) is 25.2 Å². The third-order valence-electron chi connectivity index (χ3n) is 7.12. The minimum atomic E-state index is 0. The summed E-state index contributed by atoms with van der Waals surface area (Å²) < 4.78 is 12.4. The second kappa shape index (κ2) is 40.6. The monoisotopic (exact) mass is 1280 g/mol. The van der Waals surface area contributed by atoms with Crippen LogP contribution in [0.25, 0.3) is 0 Å². The number of nitrogens with one attached hydrogen (secondary N) is 1. The van der Waals surface area contributed by atoms with Crippen molar-refractivity contribution in [2.24, 2.45) is 0 Å². The number of hydroxylamine groups is 2. The topological polar surface area (TPSA) is 106 Å². The number of nitrogens with zero attached hydrogens (tertiary/aromatic N) is 6. The van der Waals surface area contributed by atoms with Crippen molar-refractivity contribution in [1.82, 2.24) is 35.3 Å². The van der Waals surface area contributed by atoms with E-state index in [1.54, 1.807) is 51.6 Å². The second-order valence-corrected chi connectivity index (χ2v) is 17.3. The Morgan fingerprint density at radius 1 is 0.672 bits per heavy atom. The van der Waals surface area contributed by atoms with Gasteiger partial charge in [-0.1, -0.05) is 35.5 Å². The molecule has 5 rings (SSSR count). The molecule has 0 amide bonds. The summed E-state index contributed by atoms with van der Waals surface area (Å²) >= 11 is 23.4. The third kappa shape index (κ3) is 29.0. The van der Waals surface area contributed by atoms with Gasteiger partial charge in [0.05, 0.1) is 0 Å². The van der Waals surface area contributed by atoms with E-state index in [0.717, 1.165) is 69.3 Å². The Morgan fingerprint density at radius 2 is 1.05 bits per heavy atom. The zero-order valence-corrected chi connectivity index (χ0v) is 45.3. The molecule has 0 atom stereocenters. The lowest BCUT2D eigenvalue weighted by Crippen LogP contribution is -2.24. The maximum Gasteiger partial charge on any atom is 0.321 e. The molecular formula is C44H56BBr7N7O2. The number of carbonyl (C=O) groups is 1. The van der Waals surface area contributed by atoms with Crippen molar-refractivity contribution in [3.05, 3.63) is 138 Å². The molecule has 0 spiro atoms. The van der Waals surface area contributed by atoms with Gasteiger partial charge in [0.1, 0.15) is 0 Å². The van der Waals surface area contributed by atoms with Crippen LogP contribution in [-0.2, 0) is 17.8 Å². The Hall–Kier alpha value is -2.16. The molecule has 17 heteroatoms. The largest absolute Gasteiger partial charge is 0.367 e. The Kier molecular flexibility index (Phi) is 43.6. The lowest BCUT2D eigenvalue weighted by molar-refractivity contribution is -0.0601. The number of hydrogen-bond acceptors (Lipinski definition) is 9. The van der Waals surface area contributed by atoms with E-state index < -0.39 is 0 Å². The van der Waals surface area contributed by atoms with Gasteiger partial charge in [0.2, 0.25) is 0 Å². The summed E-state index contributed by atoms with van der Waals surface area (Å²) in [5, 5.41) is 5.16. The highest BCUT2D eigenvalue weighted by Crippen LogP contribution is 2.22. The summed E-state index contributed by atoms with van der Waals surface area (Å²) in [6.07, 6.45) is 31.1. The highest BCUT2D eigenvalue weighted by atomic mass is 79.9. The van der Waals surface area contributed by atoms with Gasteiger partial charge in [-0.05, 0) is 192 Å². The molecule has 0 saturated carbocycles. The summed E-state index contributed by atoms with van der Waals surface area (Å²) in [6.45, 7) is 19.2. The smallest absolute Gasteiger partial charge is 0.321 e. The van der Waals surface area contributed by atoms with Crippen LogP contribution in [0.1, 0.15) is 79.4 Å². The van der Waals surface area contributed by atoms with E-state index in [4.69, 9.17) is 4.76 Å². The fourth-order valence-electron chi connectivity index (χ4n) is 3.73. The van der Waals surface area contributed by atoms with Gasteiger partial charge < -0.3 is 10.1 Å². The number of rotatable bonds is 9. The highest BCUT2D eigenvalue weighted by Gasteiger charge is 2.08. The maximum absolute atomic E-state index is 10.3. The number of aromatic nitrogens is 5. The predicted octanol–water partition coefficient (Wildman–Crippen LogP) is 14.5. The van der Waals surface area contributed by atoms with Gasteiger partial charge in [-0.25, -0.2) is 5.06 Å². The lowest BCUT2D eigenvalue weighted by atomic mass is 10.1. The van der Waals surface area contributed by atoms with Gasteiger partial charge in [0.15, 0.2) is 6.29 Å². The molecule has 1 radical (unpaired) electrons. The zero-order chi connectivity index (χ0) is 45.3. The molecule has 0 bridgehead atoms. The van der Waals surface area contributed by atoms with Crippen molar-refractivity contribution in [1.29, 1.82) is 0 Å². The summed E-state index contributed by atoms with van der Waals surface area (Å²) in [7, 11) is 1.68. The van der Waals surface area contributed by atoms with Crippen molar-refractivity contribution >= 4 is 125 Å². The van der Waals surface area contributed by atoms with E-state index in [1.165, 1.54) is 27.8 Å². The average Bonchev–Trinajstić information content (AvgIpc) is 3.22. The Balaban J connectivity index is -0.000000326. The molecule has 0 fully saturated rings. The van der Waals surface area contributed by atoms with E-state index in [2.05, 4.69) is 195 Å². The number of terminal acetylenes is 2. The summed E-state index contributed by atoms with van der Waals surface area (Å²) in [5.74, 6) is 2.25. The first-order chi connectivity index (χ1) is 28.1. The van der Waals surface area contributed by atoms with Crippen LogP contribution in [0.4, 0.5) is 0 Å². The minimum Gasteiger partial charge on any atom is -0.367 e. The van der Waals surface area contributed by atoms with E-state index in [-0.39, 0.29) is 14.9 Å². The van der Waals surface area contributed by atoms with Crippen LogP contribution in [0.3, 0.4) is 0 Å². The molecule has 61 heavy (non-hydrogen) atoms. The standard InChI is InChI=1S/C10H15BBrN2O.C9H13BrN2.C7H6BrNO.C6H5Br2N.C5H3Br2N.C3H4.C2H2.2CH4/c1-4-14(15-11-3)7-9-5-13-6-10(12)8(9)2;1-3-11-4-8-5-12-6-9(10)7(8)2;1-5-6(4-10)2-9-3-7(5)8;1-4-5(7)2-9-3-6(4)8;6-4-1-5(7)3-8-2-4;1-3-2;1-2;;/h5-6H,4,7H2,1-3H3;5-6,11H,3-4H2,1-2H3;2-4H,1H3;2-3H,1H3;1-3H;1H,2H3;1-2H;2*1H4. The first kappa shape index (κ1) is 65.5. The van der Waals surface area contributed by atoms with Crippen LogP contribution in [0.15, 0.2) is 99.3 Å². The number of carbonyl (C=O) groups excluding carboxylic acids is 1. The molecule has 0 aliphatic carbocycles. The lowest BCUT2D eigenvalue weighted by Gasteiger charge is -2.20. The first-order valence-corrected chi connectivity index (χ1v) is 23.0. The summed E-state index contributed by atoms with van der Waals surface area (Å²) in [5.41, 5.74) is 7.66. The van der Waals surface area contributed by atoms with Gasteiger partial charge in [-0.15, -0.1) is 25.2 Å². The van der Waals surface area contributed by atoms with Crippen LogP contribution in [0.5, 0.6) is 0 Å². The maximum atomic E-state index is 10.3. The van der Waals surface area contributed by atoms with Crippen LogP contribution >= 0.6 is 112 Å². The molecule has 5 aromatic heterocycles. The van der Waals surface area contributed by atoms with E-state index in [9.17, 15) is 4.79 Å². The van der Waals surface area contributed by atoms with Crippen LogP contribution in [0.2, 0.25) is 6.82 Å². The molecule has 0 aromatic carbocycles. The van der Waals surface area contributed by atoms with Gasteiger partial charge in [-0.3, -0.25) is 29.7 Å². The van der Waals surface area contributed by atoms with Gasteiger partial charge in [0.25, 0.3) is 0 Å². The number of aldehydes is 1. The predicted molar refractivity (Wildman–Crippen MR) is 283 cm³/mol. The SMILES string of the molecule is Brc1cncc(Br)c1.C.C.C#C.C#CC.CCNCc1cncc(Br)c1C.C[B]ON(CC)Cc1cncc(Br)c1C.Cc1c(Br)cncc1Br.Cc1c(Br)cncc1C=O. The molecule has 0 saturated heterocycles. The fourth-order valence-corrected chi connectivity index (χ4v) is 6.79.